The Balaban J connectivity index is 0.000000815. The molecule has 5 nitrogen and oxygen atoms in total. The number of carboxylic acid groups (broad SMARTS) is 1. The number of fused-ring (bicyclic) bond motifs is 2. The van der Waals surface area contributed by atoms with Crippen molar-refractivity contribution in [3.63, 3.8) is 0 Å². The maximum atomic E-state index is 11.4. The van der Waals surface area contributed by atoms with Gasteiger partial charge in [-0.1, -0.05) is 43.6 Å². The molecule has 24 heavy (non-hydrogen) atoms. The van der Waals surface area contributed by atoms with Crippen molar-refractivity contribution in [1.29, 1.82) is 0 Å². The van der Waals surface area contributed by atoms with Crippen LogP contribution in [0.4, 0.5) is 0 Å². The molecular weight excluding hydrogens is 328 g/mol. The first-order valence-corrected chi connectivity index (χ1v) is 7.91. The Labute approximate surface area is 143 Å². The second-order valence-corrected chi connectivity index (χ2v) is 5.28. The average Bonchev–Trinajstić information content (AvgIpc) is 3.17. The van der Waals surface area contributed by atoms with Crippen molar-refractivity contribution in [2.45, 2.75) is 13.8 Å². The van der Waals surface area contributed by atoms with Crippen LogP contribution >= 0.6 is 11.6 Å². The third-order valence-electron chi connectivity index (χ3n) is 3.54. The summed E-state index contributed by atoms with van der Waals surface area (Å²) in [5, 5.41) is 15.5. The first-order valence-electron chi connectivity index (χ1n) is 7.53. The average molecular weight is 343 g/mol. The smallest absolute Gasteiger partial charge is 0.357 e. The molecule has 0 saturated heterocycles. The Morgan fingerprint density at radius 1 is 1.17 bits per heavy atom. The fourth-order valence-electron chi connectivity index (χ4n) is 2.56. The molecule has 0 spiro atoms. The molecule has 0 atom stereocenters. The minimum Gasteiger partial charge on any atom is -0.476 e. The first-order chi connectivity index (χ1) is 11.6. The molecule has 2 aromatic heterocycles. The Kier molecular flexibility index (Phi) is 4.27. The summed E-state index contributed by atoms with van der Waals surface area (Å²) in [4.78, 5) is 11.4. The standard InChI is InChI=1S/C16H9ClN2O3.C2H6/c17-9-5-6-10-13(8-22-14(10)7-9)19-12-4-2-1-3-11(12)15(18-19)16(20)21;1-2/h1-8H,(H,20,21);1-2H3. The summed E-state index contributed by atoms with van der Waals surface area (Å²) in [6.45, 7) is 4.00. The summed E-state index contributed by atoms with van der Waals surface area (Å²) in [5.41, 5.74) is 2.02. The maximum absolute atomic E-state index is 11.4. The fourth-order valence-corrected chi connectivity index (χ4v) is 2.72. The van der Waals surface area contributed by atoms with E-state index in [9.17, 15) is 9.90 Å². The Morgan fingerprint density at radius 2 is 1.92 bits per heavy atom. The van der Waals surface area contributed by atoms with E-state index >= 15 is 0 Å². The van der Waals surface area contributed by atoms with Crippen LogP contribution < -0.4 is 0 Å². The first kappa shape index (κ1) is 16.1. The molecule has 6 heteroatoms. The number of para-hydroxylation sites is 1. The molecule has 2 aromatic carbocycles. The highest BCUT2D eigenvalue weighted by Crippen LogP contribution is 2.30. The van der Waals surface area contributed by atoms with E-state index in [0.717, 1.165) is 5.39 Å². The third kappa shape index (κ3) is 2.53. The molecule has 4 rings (SSSR count). The van der Waals surface area contributed by atoms with E-state index in [0.29, 0.717) is 27.2 Å². The maximum Gasteiger partial charge on any atom is 0.357 e. The lowest BCUT2D eigenvalue weighted by atomic mass is 10.2. The lowest BCUT2D eigenvalue weighted by molar-refractivity contribution is 0.0692. The van der Waals surface area contributed by atoms with Gasteiger partial charge < -0.3 is 9.52 Å². The van der Waals surface area contributed by atoms with Gasteiger partial charge in [-0.2, -0.15) is 5.10 Å². The highest BCUT2D eigenvalue weighted by Gasteiger charge is 2.19. The molecule has 1 N–H and O–H groups in total. The number of aromatic carboxylic acids is 1. The van der Waals surface area contributed by atoms with Crippen LogP contribution in [0.2, 0.25) is 5.02 Å². The fraction of sp³-hybridized carbons (Fsp3) is 0.111. The topological polar surface area (TPSA) is 68.3 Å². The number of rotatable bonds is 2. The van der Waals surface area contributed by atoms with Gasteiger partial charge in [0.25, 0.3) is 0 Å². The van der Waals surface area contributed by atoms with Crippen LogP contribution in [0.25, 0.3) is 27.6 Å². The normalized spacial score (nSPS) is 10.6. The largest absolute Gasteiger partial charge is 0.476 e. The molecule has 0 radical (unpaired) electrons. The quantitative estimate of drug-likeness (QED) is 0.547. The van der Waals surface area contributed by atoms with Gasteiger partial charge in [0.2, 0.25) is 0 Å². The highest BCUT2D eigenvalue weighted by molar-refractivity contribution is 6.31. The lowest BCUT2D eigenvalue weighted by Crippen LogP contribution is -2.00. The zero-order valence-corrected chi connectivity index (χ0v) is 13.9. The molecule has 0 aliphatic rings. The molecular formula is C18H15ClN2O3. The number of hydrogen-bond acceptors (Lipinski definition) is 3. The lowest BCUT2D eigenvalue weighted by Gasteiger charge is -2.00. The molecule has 0 unspecified atom stereocenters. The summed E-state index contributed by atoms with van der Waals surface area (Å²) in [7, 11) is 0. The van der Waals surface area contributed by atoms with Gasteiger partial charge in [-0.3, -0.25) is 0 Å². The van der Waals surface area contributed by atoms with Gasteiger partial charge in [0.15, 0.2) is 5.69 Å². The number of aromatic nitrogens is 2. The van der Waals surface area contributed by atoms with Crippen LogP contribution in [0.5, 0.6) is 0 Å². The monoisotopic (exact) mass is 342 g/mol. The van der Waals surface area contributed by atoms with Crippen LogP contribution in [0.3, 0.4) is 0 Å². The van der Waals surface area contributed by atoms with E-state index < -0.39 is 5.97 Å². The predicted molar refractivity (Wildman–Crippen MR) is 94.2 cm³/mol. The molecule has 0 amide bonds. The van der Waals surface area contributed by atoms with Crippen LogP contribution in [-0.4, -0.2) is 20.9 Å². The third-order valence-corrected chi connectivity index (χ3v) is 3.77. The summed E-state index contributed by atoms with van der Waals surface area (Å²) in [5.74, 6) is -1.06. The Hall–Kier alpha value is -2.79. The van der Waals surface area contributed by atoms with Crippen molar-refractivity contribution in [1.82, 2.24) is 9.78 Å². The van der Waals surface area contributed by atoms with E-state index in [-0.39, 0.29) is 5.69 Å². The molecule has 122 valence electrons. The van der Waals surface area contributed by atoms with Crippen molar-refractivity contribution in [2.24, 2.45) is 0 Å². The molecule has 2 heterocycles. The number of benzene rings is 2. The van der Waals surface area contributed by atoms with E-state index in [1.807, 2.05) is 32.0 Å². The number of carbonyl (C=O) groups is 1. The van der Waals surface area contributed by atoms with Crippen LogP contribution in [0.1, 0.15) is 24.3 Å². The Bertz CT molecular complexity index is 1030. The van der Waals surface area contributed by atoms with Crippen LogP contribution in [0.15, 0.2) is 53.1 Å². The van der Waals surface area contributed by atoms with E-state index in [1.54, 1.807) is 35.2 Å². The van der Waals surface area contributed by atoms with Crippen molar-refractivity contribution in [3.05, 3.63) is 59.4 Å². The number of halogens is 1. The SMILES string of the molecule is CC.O=C(O)c1nn(-c2coc3cc(Cl)ccc23)c2ccccc12. The van der Waals surface area contributed by atoms with E-state index in [4.69, 9.17) is 16.0 Å². The highest BCUT2D eigenvalue weighted by atomic mass is 35.5. The van der Waals surface area contributed by atoms with Gasteiger partial charge in [0.05, 0.1) is 5.52 Å². The summed E-state index contributed by atoms with van der Waals surface area (Å²) in [6.07, 6.45) is 1.55. The second kappa shape index (κ2) is 6.37. The molecule has 0 aliphatic carbocycles. The number of nitrogens with zero attached hydrogens (tertiary/aromatic N) is 2. The summed E-state index contributed by atoms with van der Waals surface area (Å²) >= 11 is 5.95. The zero-order chi connectivity index (χ0) is 17.3. The van der Waals surface area contributed by atoms with Crippen molar-refractivity contribution in [2.75, 3.05) is 0 Å². The van der Waals surface area contributed by atoms with Gasteiger partial charge >= 0.3 is 5.97 Å². The van der Waals surface area contributed by atoms with Crippen LogP contribution in [-0.2, 0) is 0 Å². The summed E-state index contributed by atoms with van der Waals surface area (Å²) < 4.78 is 7.09. The minimum atomic E-state index is -1.06. The second-order valence-electron chi connectivity index (χ2n) is 4.84. The molecule has 0 saturated carbocycles. The van der Waals surface area contributed by atoms with Crippen molar-refractivity contribution in [3.8, 4) is 5.69 Å². The molecule has 0 bridgehead atoms. The number of furan rings is 1. The van der Waals surface area contributed by atoms with Gasteiger partial charge in [-0.25, -0.2) is 9.48 Å². The number of hydrogen-bond donors (Lipinski definition) is 1. The molecule has 0 aliphatic heterocycles. The predicted octanol–water partition coefficient (Wildman–Crippen LogP) is 5.15. The van der Waals surface area contributed by atoms with E-state index in [2.05, 4.69) is 5.10 Å². The molecule has 0 fully saturated rings. The minimum absolute atomic E-state index is 0.0129. The van der Waals surface area contributed by atoms with Crippen molar-refractivity contribution >= 4 is 39.4 Å². The van der Waals surface area contributed by atoms with E-state index in [1.165, 1.54) is 0 Å². The summed E-state index contributed by atoms with van der Waals surface area (Å²) in [6, 6.07) is 12.5. The van der Waals surface area contributed by atoms with Gasteiger partial charge in [-0.15, -0.1) is 0 Å². The number of carboxylic acids is 1. The molecule has 4 aromatic rings. The van der Waals surface area contributed by atoms with Gasteiger partial charge in [0.1, 0.15) is 17.5 Å². The van der Waals surface area contributed by atoms with Gasteiger partial charge in [-0.05, 0) is 18.2 Å². The van der Waals surface area contributed by atoms with Crippen LogP contribution in [0, 0.1) is 0 Å². The van der Waals surface area contributed by atoms with Crippen molar-refractivity contribution < 1.29 is 14.3 Å². The zero-order valence-electron chi connectivity index (χ0n) is 13.2. The van der Waals surface area contributed by atoms with Gasteiger partial charge in [0, 0.05) is 21.9 Å². The Morgan fingerprint density at radius 3 is 2.67 bits per heavy atom.